The second-order valence-electron chi connectivity index (χ2n) is 2.10. The second kappa shape index (κ2) is 30.7. The third-order valence-corrected chi connectivity index (χ3v) is 1.01. The Morgan fingerprint density at radius 2 is 1.25 bits per heavy atom. The van der Waals surface area contributed by atoms with Gasteiger partial charge in [0.1, 0.15) is 0 Å². The standard InChI is InChI=1S/C6H14O.C2H6O.C2H6/c1-2-3-4-5-6-7;1-2-3;1-2/h7H,2-6H2,1H3;3H,2H2,1H3;1-2H3. The van der Waals surface area contributed by atoms with Crippen LogP contribution in [0.3, 0.4) is 0 Å². The third kappa shape index (κ3) is 51.4. The minimum Gasteiger partial charge on any atom is -0.397 e. The Hall–Kier alpha value is -0.0800. The van der Waals surface area contributed by atoms with E-state index in [0.29, 0.717) is 6.61 Å². The van der Waals surface area contributed by atoms with Gasteiger partial charge in [-0.1, -0.05) is 40.0 Å². The van der Waals surface area contributed by atoms with E-state index in [-0.39, 0.29) is 6.61 Å². The van der Waals surface area contributed by atoms with Crippen LogP contribution in [0.1, 0.15) is 53.4 Å². The van der Waals surface area contributed by atoms with Gasteiger partial charge in [-0.15, -0.1) is 0 Å². The van der Waals surface area contributed by atoms with Gasteiger partial charge in [0.2, 0.25) is 0 Å². The van der Waals surface area contributed by atoms with Crippen LogP contribution < -0.4 is 0 Å². The highest BCUT2D eigenvalue weighted by molar-refractivity contribution is 4.35. The first kappa shape index (κ1) is 17.9. The molecule has 0 radical (unpaired) electrons. The van der Waals surface area contributed by atoms with Crippen molar-refractivity contribution in [1.29, 1.82) is 0 Å². The molecule has 0 aliphatic rings. The number of hydrogen-bond acceptors (Lipinski definition) is 2. The van der Waals surface area contributed by atoms with Crippen molar-refractivity contribution in [1.82, 2.24) is 0 Å². The van der Waals surface area contributed by atoms with Crippen molar-refractivity contribution < 1.29 is 10.2 Å². The van der Waals surface area contributed by atoms with Crippen LogP contribution in [-0.4, -0.2) is 23.4 Å². The highest BCUT2D eigenvalue weighted by Crippen LogP contribution is 1.95. The van der Waals surface area contributed by atoms with E-state index in [1.807, 2.05) is 13.8 Å². The van der Waals surface area contributed by atoms with Crippen molar-refractivity contribution in [2.75, 3.05) is 13.2 Å². The molecule has 0 unspecified atom stereocenters. The first-order valence-electron chi connectivity index (χ1n) is 5.05. The van der Waals surface area contributed by atoms with Crippen molar-refractivity contribution in [3.8, 4) is 0 Å². The molecule has 0 amide bonds. The zero-order valence-electron chi connectivity index (χ0n) is 9.14. The fourth-order valence-electron chi connectivity index (χ4n) is 0.539. The molecule has 12 heavy (non-hydrogen) atoms. The average Bonchev–Trinajstić information content (AvgIpc) is 2.11. The summed E-state index contributed by atoms with van der Waals surface area (Å²) in [6, 6.07) is 0. The van der Waals surface area contributed by atoms with E-state index in [2.05, 4.69) is 6.92 Å². The molecule has 2 nitrogen and oxygen atoms in total. The van der Waals surface area contributed by atoms with Gasteiger partial charge in [0.05, 0.1) is 0 Å². The van der Waals surface area contributed by atoms with Crippen LogP contribution in [0.15, 0.2) is 0 Å². The van der Waals surface area contributed by atoms with Gasteiger partial charge in [-0.05, 0) is 13.3 Å². The summed E-state index contributed by atoms with van der Waals surface area (Å²) >= 11 is 0. The van der Waals surface area contributed by atoms with Crippen LogP contribution in [0.5, 0.6) is 0 Å². The molecule has 0 atom stereocenters. The average molecular weight is 178 g/mol. The molecule has 0 fully saturated rings. The van der Waals surface area contributed by atoms with Gasteiger partial charge in [0.25, 0.3) is 0 Å². The fourth-order valence-corrected chi connectivity index (χ4v) is 0.539. The summed E-state index contributed by atoms with van der Waals surface area (Å²) in [6.07, 6.45) is 4.68. The van der Waals surface area contributed by atoms with Gasteiger partial charge in [-0.3, -0.25) is 0 Å². The Labute approximate surface area is 77.6 Å². The maximum absolute atomic E-state index is 8.29. The monoisotopic (exact) mass is 178 g/mol. The van der Waals surface area contributed by atoms with Crippen molar-refractivity contribution in [3.05, 3.63) is 0 Å². The van der Waals surface area contributed by atoms with Crippen LogP contribution in [0, 0.1) is 0 Å². The van der Waals surface area contributed by atoms with Crippen molar-refractivity contribution in [2.45, 2.75) is 53.4 Å². The summed E-state index contributed by atoms with van der Waals surface area (Å²) in [6.45, 7) is 8.46. The smallest absolute Gasteiger partial charge is 0.0431 e. The van der Waals surface area contributed by atoms with Gasteiger partial charge < -0.3 is 10.2 Å². The summed E-state index contributed by atoms with van der Waals surface area (Å²) in [5.74, 6) is 0. The molecular formula is C10H26O2. The van der Waals surface area contributed by atoms with E-state index in [4.69, 9.17) is 10.2 Å². The van der Waals surface area contributed by atoms with Gasteiger partial charge in [0, 0.05) is 13.2 Å². The Kier molecular flexibility index (Phi) is 45.6. The van der Waals surface area contributed by atoms with Crippen molar-refractivity contribution >= 4 is 0 Å². The van der Waals surface area contributed by atoms with Gasteiger partial charge >= 0.3 is 0 Å². The quantitative estimate of drug-likeness (QED) is 0.650. The first-order chi connectivity index (χ1) is 5.83. The molecule has 78 valence electrons. The summed E-state index contributed by atoms with van der Waals surface area (Å²) in [5, 5.41) is 15.9. The molecule has 0 aromatic heterocycles. The van der Waals surface area contributed by atoms with Crippen LogP contribution in [-0.2, 0) is 0 Å². The number of aliphatic hydroxyl groups excluding tert-OH is 2. The lowest BCUT2D eigenvalue weighted by molar-refractivity contribution is 0.283. The molecule has 0 aromatic rings. The fraction of sp³-hybridized carbons (Fsp3) is 1.00. The van der Waals surface area contributed by atoms with Crippen LogP contribution in [0.25, 0.3) is 0 Å². The zero-order valence-corrected chi connectivity index (χ0v) is 9.14. The molecule has 0 rings (SSSR count). The number of aliphatic hydroxyl groups is 2. The molecule has 0 aromatic carbocycles. The number of rotatable bonds is 4. The Bertz CT molecular complexity index is 34.8. The van der Waals surface area contributed by atoms with Crippen LogP contribution in [0.2, 0.25) is 0 Å². The molecule has 0 aliphatic carbocycles. The van der Waals surface area contributed by atoms with E-state index < -0.39 is 0 Å². The molecule has 0 bridgehead atoms. The van der Waals surface area contributed by atoms with Crippen molar-refractivity contribution in [3.63, 3.8) is 0 Å². The summed E-state index contributed by atoms with van der Waals surface area (Å²) in [4.78, 5) is 0. The molecule has 0 heterocycles. The molecule has 0 aliphatic heterocycles. The lowest BCUT2D eigenvalue weighted by Gasteiger charge is -1.90. The summed E-state index contributed by atoms with van der Waals surface area (Å²) in [7, 11) is 0. The van der Waals surface area contributed by atoms with Crippen LogP contribution >= 0.6 is 0 Å². The molecule has 0 saturated heterocycles. The SMILES string of the molecule is CC.CCCCCCO.CCO. The van der Waals surface area contributed by atoms with Crippen molar-refractivity contribution in [2.24, 2.45) is 0 Å². The Balaban J connectivity index is -0.000000137. The van der Waals surface area contributed by atoms with Gasteiger partial charge in [-0.25, -0.2) is 0 Å². The highest BCUT2D eigenvalue weighted by Gasteiger charge is 1.80. The largest absolute Gasteiger partial charge is 0.397 e. The second-order valence-corrected chi connectivity index (χ2v) is 2.10. The predicted octanol–water partition coefficient (Wildman–Crippen LogP) is 2.58. The zero-order chi connectivity index (χ0) is 10.2. The minimum absolute atomic E-state index is 0.250. The maximum atomic E-state index is 8.29. The topological polar surface area (TPSA) is 40.5 Å². The summed E-state index contributed by atoms with van der Waals surface area (Å²) in [5.41, 5.74) is 0. The Morgan fingerprint density at radius 3 is 1.50 bits per heavy atom. The van der Waals surface area contributed by atoms with E-state index in [1.165, 1.54) is 19.3 Å². The summed E-state index contributed by atoms with van der Waals surface area (Å²) < 4.78 is 0. The minimum atomic E-state index is 0.250. The Morgan fingerprint density at radius 1 is 0.833 bits per heavy atom. The third-order valence-electron chi connectivity index (χ3n) is 1.01. The van der Waals surface area contributed by atoms with Gasteiger partial charge in [-0.2, -0.15) is 0 Å². The first-order valence-corrected chi connectivity index (χ1v) is 5.05. The van der Waals surface area contributed by atoms with E-state index in [0.717, 1.165) is 6.42 Å². The molecule has 2 heteroatoms. The van der Waals surface area contributed by atoms with E-state index >= 15 is 0 Å². The molecule has 0 spiro atoms. The molecule has 2 N–H and O–H groups in total. The number of hydrogen-bond donors (Lipinski definition) is 2. The van der Waals surface area contributed by atoms with E-state index in [1.54, 1.807) is 6.92 Å². The molecular weight excluding hydrogens is 152 g/mol. The predicted molar refractivity (Wildman–Crippen MR) is 55.3 cm³/mol. The van der Waals surface area contributed by atoms with E-state index in [9.17, 15) is 0 Å². The number of unbranched alkanes of at least 4 members (excludes halogenated alkanes) is 3. The lowest BCUT2D eigenvalue weighted by atomic mass is 10.2. The normalized spacial score (nSPS) is 7.50. The maximum Gasteiger partial charge on any atom is 0.0431 e. The van der Waals surface area contributed by atoms with Gasteiger partial charge in [0.15, 0.2) is 0 Å². The molecule has 0 saturated carbocycles. The lowest BCUT2D eigenvalue weighted by Crippen LogP contribution is -1.80. The highest BCUT2D eigenvalue weighted by atomic mass is 16.3. The van der Waals surface area contributed by atoms with Crippen LogP contribution in [0.4, 0.5) is 0 Å².